The molecule has 108 valence electrons. The van der Waals surface area contributed by atoms with E-state index in [9.17, 15) is 4.79 Å². The van der Waals surface area contributed by atoms with Crippen molar-refractivity contribution in [2.45, 2.75) is 64.3 Å². The molecular formula is C15H24O4. The number of carbonyl (C=O) groups is 1. The van der Waals surface area contributed by atoms with E-state index in [1.54, 1.807) is 0 Å². The van der Waals surface area contributed by atoms with Gasteiger partial charge in [0.25, 0.3) is 0 Å². The molecule has 3 aliphatic rings. The molecule has 3 rings (SSSR count). The van der Waals surface area contributed by atoms with E-state index < -0.39 is 11.4 Å². The molecule has 2 heterocycles. The Labute approximate surface area is 114 Å². The Morgan fingerprint density at radius 3 is 2.47 bits per heavy atom. The van der Waals surface area contributed by atoms with Crippen LogP contribution in [0.25, 0.3) is 0 Å². The van der Waals surface area contributed by atoms with Gasteiger partial charge in [-0.1, -0.05) is 6.92 Å². The van der Waals surface area contributed by atoms with Crippen LogP contribution in [0.3, 0.4) is 0 Å². The molecule has 1 saturated carbocycles. The van der Waals surface area contributed by atoms with Crippen LogP contribution in [0.2, 0.25) is 0 Å². The van der Waals surface area contributed by atoms with Gasteiger partial charge in [0.1, 0.15) is 5.60 Å². The fourth-order valence-electron chi connectivity index (χ4n) is 4.59. The van der Waals surface area contributed by atoms with Gasteiger partial charge in [-0.2, -0.15) is 0 Å². The van der Waals surface area contributed by atoms with E-state index in [1.807, 2.05) is 13.8 Å². The first-order valence-corrected chi connectivity index (χ1v) is 7.39. The monoisotopic (exact) mass is 268 g/mol. The molecule has 0 N–H and O–H groups in total. The van der Waals surface area contributed by atoms with Crippen molar-refractivity contribution in [1.82, 2.24) is 0 Å². The second-order valence-electron chi connectivity index (χ2n) is 6.89. The maximum Gasteiger partial charge on any atom is 0.306 e. The van der Waals surface area contributed by atoms with E-state index in [-0.39, 0.29) is 11.4 Å². The number of fused-ring (bicyclic) bond motifs is 2. The molecule has 2 aliphatic heterocycles. The molecule has 1 spiro atoms. The molecule has 0 amide bonds. The highest BCUT2D eigenvalue weighted by molar-refractivity contribution is 5.70. The van der Waals surface area contributed by atoms with Crippen molar-refractivity contribution in [3.63, 3.8) is 0 Å². The Balaban J connectivity index is 2.03. The molecule has 0 aromatic carbocycles. The summed E-state index contributed by atoms with van der Waals surface area (Å²) >= 11 is 0. The number of ether oxygens (including phenoxy) is 3. The van der Waals surface area contributed by atoms with E-state index in [0.29, 0.717) is 25.6 Å². The van der Waals surface area contributed by atoms with Gasteiger partial charge in [0, 0.05) is 24.2 Å². The minimum absolute atomic E-state index is 0.0891. The first-order valence-electron chi connectivity index (χ1n) is 7.39. The SMILES string of the molecule is CC1(C)OC(=O)CC[C@@]2(C)[C@H]1CCCC21OCCO1. The molecule has 2 saturated heterocycles. The second kappa shape index (κ2) is 4.19. The van der Waals surface area contributed by atoms with Crippen LogP contribution >= 0.6 is 0 Å². The van der Waals surface area contributed by atoms with Crippen LogP contribution in [0.5, 0.6) is 0 Å². The molecule has 2 atom stereocenters. The van der Waals surface area contributed by atoms with Crippen molar-refractivity contribution in [2.75, 3.05) is 13.2 Å². The molecule has 0 radical (unpaired) electrons. The van der Waals surface area contributed by atoms with Gasteiger partial charge in [-0.15, -0.1) is 0 Å². The summed E-state index contributed by atoms with van der Waals surface area (Å²) in [5.41, 5.74) is -0.581. The Kier molecular flexibility index (Phi) is 2.95. The van der Waals surface area contributed by atoms with Gasteiger partial charge in [-0.05, 0) is 33.1 Å². The molecule has 1 aliphatic carbocycles. The largest absolute Gasteiger partial charge is 0.459 e. The normalized spacial score (nSPS) is 40.6. The molecule has 0 aromatic heterocycles. The van der Waals surface area contributed by atoms with E-state index >= 15 is 0 Å². The second-order valence-corrected chi connectivity index (χ2v) is 6.89. The number of hydrogen-bond acceptors (Lipinski definition) is 4. The van der Waals surface area contributed by atoms with Gasteiger partial charge in [-0.25, -0.2) is 0 Å². The average Bonchev–Trinajstić information content (AvgIpc) is 2.76. The van der Waals surface area contributed by atoms with Crippen LogP contribution in [0, 0.1) is 11.3 Å². The van der Waals surface area contributed by atoms with Crippen LogP contribution < -0.4 is 0 Å². The summed E-state index contributed by atoms with van der Waals surface area (Å²) in [6.07, 6.45) is 4.33. The predicted molar refractivity (Wildman–Crippen MR) is 69.5 cm³/mol. The summed E-state index contributed by atoms with van der Waals surface area (Å²) in [5, 5.41) is 0. The van der Waals surface area contributed by atoms with Crippen molar-refractivity contribution in [3.05, 3.63) is 0 Å². The lowest BCUT2D eigenvalue weighted by atomic mass is 9.57. The summed E-state index contributed by atoms with van der Waals surface area (Å²) < 4.78 is 17.8. The molecule has 4 nitrogen and oxygen atoms in total. The highest BCUT2D eigenvalue weighted by Gasteiger charge is 2.63. The van der Waals surface area contributed by atoms with Crippen molar-refractivity contribution in [3.8, 4) is 0 Å². The summed E-state index contributed by atoms with van der Waals surface area (Å²) in [6.45, 7) is 7.63. The van der Waals surface area contributed by atoms with Crippen LogP contribution in [0.1, 0.15) is 52.9 Å². The van der Waals surface area contributed by atoms with Crippen molar-refractivity contribution < 1.29 is 19.0 Å². The summed E-state index contributed by atoms with van der Waals surface area (Å²) in [4.78, 5) is 11.9. The zero-order chi connectivity index (χ0) is 13.7. The number of rotatable bonds is 0. The Hall–Kier alpha value is -0.610. The van der Waals surface area contributed by atoms with Crippen molar-refractivity contribution in [1.29, 1.82) is 0 Å². The Morgan fingerprint density at radius 1 is 1.11 bits per heavy atom. The number of carbonyl (C=O) groups excluding carboxylic acids is 1. The van der Waals surface area contributed by atoms with Crippen LogP contribution in [-0.2, 0) is 19.0 Å². The lowest BCUT2D eigenvalue weighted by Gasteiger charge is -2.55. The maximum atomic E-state index is 11.9. The third kappa shape index (κ3) is 1.83. The van der Waals surface area contributed by atoms with E-state index in [4.69, 9.17) is 14.2 Å². The first kappa shape index (κ1) is 13.4. The molecule has 0 unspecified atom stereocenters. The van der Waals surface area contributed by atoms with E-state index in [1.165, 1.54) is 0 Å². The zero-order valence-electron chi connectivity index (χ0n) is 12.2. The van der Waals surface area contributed by atoms with Crippen LogP contribution in [0.4, 0.5) is 0 Å². The number of hydrogen-bond donors (Lipinski definition) is 0. The van der Waals surface area contributed by atoms with Gasteiger partial charge >= 0.3 is 5.97 Å². The lowest BCUT2D eigenvalue weighted by molar-refractivity contribution is -0.283. The smallest absolute Gasteiger partial charge is 0.306 e. The van der Waals surface area contributed by atoms with E-state index in [0.717, 1.165) is 25.7 Å². The quantitative estimate of drug-likeness (QED) is 0.634. The van der Waals surface area contributed by atoms with Gasteiger partial charge in [0.15, 0.2) is 5.79 Å². The van der Waals surface area contributed by atoms with Crippen molar-refractivity contribution in [2.24, 2.45) is 11.3 Å². The first-order chi connectivity index (χ1) is 8.90. The zero-order valence-corrected chi connectivity index (χ0v) is 12.2. The molecule has 19 heavy (non-hydrogen) atoms. The van der Waals surface area contributed by atoms with Gasteiger partial charge in [-0.3, -0.25) is 4.79 Å². The molecule has 3 fully saturated rings. The van der Waals surface area contributed by atoms with Crippen LogP contribution in [-0.4, -0.2) is 30.6 Å². The minimum Gasteiger partial charge on any atom is -0.459 e. The molecular weight excluding hydrogens is 244 g/mol. The topological polar surface area (TPSA) is 44.8 Å². The van der Waals surface area contributed by atoms with Crippen molar-refractivity contribution >= 4 is 5.97 Å². The fraction of sp³-hybridized carbons (Fsp3) is 0.933. The van der Waals surface area contributed by atoms with Gasteiger partial charge in [0.05, 0.1) is 13.2 Å². The maximum absolute atomic E-state index is 11.9. The predicted octanol–water partition coefficient (Wildman–Crippen LogP) is 2.65. The average molecular weight is 268 g/mol. The Bertz CT molecular complexity index is 384. The molecule has 0 bridgehead atoms. The summed E-state index contributed by atoms with van der Waals surface area (Å²) in [7, 11) is 0. The standard InChI is InChI=1S/C15H24O4/c1-13(2)11-5-4-7-15(17-9-10-18-15)14(11,3)8-6-12(16)19-13/h11H,4-10H2,1-3H3/t11-,14-/m0/s1. The van der Waals surface area contributed by atoms with Crippen LogP contribution in [0.15, 0.2) is 0 Å². The highest BCUT2D eigenvalue weighted by Crippen LogP contribution is 2.59. The number of esters is 1. The summed E-state index contributed by atoms with van der Waals surface area (Å²) in [6, 6.07) is 0. The third-order valence-corrected chi connectivity index (χ3v) is 5.46. The van der Waals surface area contributed by atoms with E-state index in [2.05, 4.69) is 6.92 Å². The molecule has 4 heteroatoms. The Morgan fingerprint density at radius 2 is 1.79 bits per heavy atom. The molecule has 0 aromatic rings. The fourth-order valence-corrected chi connectivity index (χ4v) is 4.59. The lowest BCUT2D eigenvalue weighted by Crippen LogP contribution is -2.59. The highest BCUT2D eigenvalue weighted by atomic mass is 16.7. The van der Waals surface area contributed by atoms with Gasteiger partial charge < -0.3 is 14.2 Å². The summed E-state index contributed by atoms with van der Waals surface area (Å²) in [5.74, 6) is -0.298. The van der Waals surface area contributed by atoms with Gasteiger partial charge in [0.2, 0.25) is 0 Å². The number of cyclic esters (lactones) is 1. The minimum atomic E-state index is -0.499. The third-order valence-electron chi connectivity index (χ3n) is 5.46.